The molecule has 2 N–H and O–H groups in total. The van der Waals surface area contributed by atoms with Crippen molar-refractivity contribution in [2.24, 2.45) is 25.1 Å². The number of carbonyl (C=O) groups is 2. The molecule has 0 radical (unpaired) electrons. The van der Waals surface area contributed by atoms with Crippen molar-refractivity contribution >= 4 is 40.7 Å². The van der Waals surface area contributed by atoms with Gasteiger partial charge in [-0.2, -0.15) is 5.10 Å². The van der Waals surface area contributed by atoms with Gasteiger partial charge in [-0.05, 0) is 41.8 Å². The Balaban J connectivity index is 1.70. The van der Waals surface area contributed by atoms with Crippen LogP contribution in [-0.2, 0) is 18.9 Å². The van der Waals surface area contributed by atoms with E-state index in [1.165, 1.54) is 12.3 Å². The molecule has 2 aromatic carbocycles. The summed E-state index contributed by atoms with van der Waals surface area (Å²) in [5, 5.41) is 7.18. The van der Waals surface area contributed by atoms with Crippen LogP contribution in [0.1, 0.15) is 29.8 Å². The minimum Gasteiger partial charge on any atom is -0.340 e. The first kappa shape index (κ1) is 22.3. The molecule has 9 heteroatoms. The lowest BCUT2D eigenvalue weighted by atomic mass is 10.0. The average Bonchev–Trinajstić information content (AvgIpc) is 2.95. The lowest BCUT2D eigenvalue weighted by Crippen LogP contribution is -2.48. The molecule has 3 rings (SSSR count). The van der Waals surface area contributed by atoms with Gasteiger partial charge in [0.1, 0.15) is 6.04 Å². The molecule has 0 saturated carbocycles. The molecule has 0 spiro atoms. The smallest absolute Gasteiger partial charge is 0.328 e. The summed E-state index contributed by atoms with van der Waals surface area (Å²) in [7, 11) is 3.41. The third-order valence-electron chi connectivity index (χ3n) is 5.01. The second-order valence-corrected chi connectivity index (χ2v) is 8.02. The van der Waals surface area contributed by atoms with Crippen molar-refractivity contribution in [3.05, 3.63) is 69.1 Å². The number of nitrogens with one attached hydrogen (secondary N) is 2. The van der Waals surface area contributed by atoms with E-state index in [9.17, 15) is 14.4 Å². The van der Waals surface area contributed by atoms with Gasteiger partial charge in [-0.1, -0.05) is 37.6 Å². The van der Waals surface area contributed by atoms with Gasteiger partial charge in [0, 0.05) is 24.7 Å². The zero-order valence-corrected chi connectivity index (χ0v) is 18.5. The molecule has 3 aromatic rings. The van der Waals surface area contributed by atoms with Gasteiger partial charge in [0.25, 0.3) is 11.8 Å². The van der Waals surface area contributed by atoms with Crippen molar-refractivity contribution in [1.82, 2.24) is 19.9 Å². The predicted molar refractivity (Wildman–Crippen MR) is 121 cm³/mol. The number of fused-ring (bicyclic) bond motifs is 1. The van der Waals surface area contributed by atoms with E-state index in [1.807, 2.05) is 26.0 Å². The standard InChI is InChI=1S/C22H24ClN5O3/c1-13(2)19(25-20(29)15-6-5-7-16(23)11-15)21(30)26-24-12-14-8-9-17-18(10-14)28(4)22(31)27(17)3/h5-13,19H,1-4H3,(H,25,29)(H,26,30). The van der Waals surface area contributed by atoms with Crippen LogP contribution in [0.15, 0.2) is 52.4 Å². The topological polar surface area (TPSA) is 97.5 Å². The van der Waals surface area contributed by atoms with E-state index in [0.717, 1.165) is 16.6 Å². The Morgan fingerprint density at radius 2 is 1.77 bits per heavy atom. The number of imidazole rings is 1. The lowest BCUT2D eigenvalue weighted by molar-refractivity contribution is -0.123. The normalized spacial score (nSPS) is 12.5. The number of aryl methyl sites for hydroxylation is 2. The first-order valence-corrected chi connectivity index (χ1v) is 10.1. The van der Waals surface area contributed by atoms with Gasteiger partial charge in [0.05, 0.1) is 17.2 Å². The molecular weight excluding hydrogens is 418 g/mol. The maximum atomic E-state index is 12.6. The van der Waals surface area contributed by atoms with E-state index >= 15 is 0 Å². The second kappa shape index (κ2) is 9.18. The Bertz CT molecular complexity index is 1230. The Labute approximate surface area is 184 Å². The molecule has 0 aliphatic heterocycles. The Morgan fingerprint density at radius 3 is 2.45 bits per heavy atom. The van der Waals surface area contributed by atoms with Crippen molar-refractivity contribution < 1.29 is 9.59 Å². The van der Waals surface area contributed by atoms with E-state index in [-0.39, 0.29) is 11.6 Å². The summed E-state index contributed by atoms with van der Waals surface area (Å²) in [6, 6.07) is 11.2. The van der Waals surface area contributed by atoms with E-state index in [0.29, 0.717) is 10.6 Å². The quantitative estimate of drug-likeness (QED) is 0.454. The van der Waals surface area contributed by atoms with Gasteiger partial charge in [0.15, 0.2) is 0 Å². The van der Waals surface area contributed by atoms with Crippen molar-refractivity contribution in [1.29, 1.82) is 0 Å². The van der Waals surface area contributed by atoms with Gasteiger partial charge in [0.2, 0.25) is 0 Å². The summed E-state index contributed by atoms with van der Waals surface area (Å²) in [6.45, 7) is 3.66. The molecule has 1 atom stereocenters. The number of carbonyl (C=O) groups excluding carboxylic acids is 2. The molecule has 8 nitrogen and oxygen atoms in total. The Morgan fingerprint density at radius 1 is 1.06 bits per heavy atom. The van der Waals surface area contributed by atoms with Crippen LogP contribution in [0.3, 0.4) is 0 Å². The lowest BCUT2D eigenvalue weighted by Gasteiger charge is -2.20. The summed E-state index contributed by atoms with van der Waals surface area (Å²) < 4.78 is 3.11. The number of hydrogen-bond donors (Lipinski definition) is 2. The minimum atomic E-state index is -0.777. The summed E-state index contributed by atoms with van der Waals surface area (Å²) in [5.41, 5.74) is 5.01. The Hall–Kier alpha value is -3.39. The molecule has 0 bridgehead atoms. The van der Waals surface area contributed by atoms with E-state index in [2.05, 4.69) is 15.8 Å². The maximum Gasteiger partial charge on any atom is 0.328 e. The van der Waals surface area contributed by atoms with Crippen molar-refractivity contribution in [2.75, 3.05) is 0 Å². The number of hydrazone groups is 1. The van der Waals surface area contributed by atoms with Crippen molar-refractivity contribution in [3.8, 4) is 0 Å². The largest absolute Gasteiger partial charge is 0.340 e. The van der Waals surface area contributed by atoms with Crippen LogP contribution in [0, 0.1) is 5.92 Å². The van der Waals surface area contributed by atoms with Crippen molar-refractivity contribution in [2.45, 2.75) is 19.9 Å². The van der Waals surface area contributed by atoms with E-state index in [1.54, 1.807) is 47.5 Å². The number of amides is 2. The third kappa shape index (κ3) is 4.86. The van der Waals surface area contributed by atoms with Gasteiger partial charge in [-0.15, -0.1) is 0 Å². The highest BCUT2D eigenvalue weighted by Crippen LogP contribution is 2.13. The average molecular weight is 442 g/mol. The number of benzene rings is 2. The van der Waals surface area contributed by atoms with Crippen LogP contribution in [0.5, 0.6) is 0 Å². The van der Waals surface area contributed by atoms with Gasteiger partial charge >= 0.3 is 5.69 Å². The first-order chi connectivity index (χ1) is 14.7. The molecule has 162 valence electrons. The highest BCUT2D eigenvalue weighted by Gasteiger charge is 2.24. The number of rotatable bonds is 6. The molecule has 0 aliphatic rings. The van der Waals surface area contributed by atoms with Gasteiger partial charge < -0.3 is 5.32 Å². The molecule has 0 saturated heterocycles. The summed E-state index contributed by atoms with van der Waals surface area (Å²) in [4.78, 5) is 37.1. The zero-order chi connectivity index (χ0) is 22.7. The van der Waals surface area contributed by atoms with Crippen LogP contribution in [0.2, 0.25) is 5.02 Å². The number of nitrogens with zero attached hydrogens (tertiary/aromatic N) is 3. The monoisotopic (exact) mass is 441 g/mol. The number of halogens is 1. The zero-order valence-electron chi connectivity index (χ0n) is 17.7. The fourth-order valence-electron chi connectivity index (χ4n) is 3.23. The van der Waals surface area contributed by atoms with Crippen LogP contribution >= 0.6 is 11.6 Å². The van der Waals surface area contributed by atoms with Crippen molar-refractivity contribution in [3.63, 3.8) is 0 Å². The van der Waals surface area contributed by atoms with Crippen LogP contribution in [-0.4, -0.2) is 33.2 Å². The second-order valence-electron chi connectivity index (χ2n) is 7.59. The maximum absolute atomic E-state index is 12.6. The Kier molecular flexibility index (Phi) is 6.60. The summed E-state index contributed by atoms with van der Waals surface area (Å²) >= 11 is 5.93. The summed E-state index contributed by atoms with van der Waals surface area (Å²) in [5.74, 6) is -0.987. The first-order valence-electron chi connectivity index (χ1n) is 9.74. The SMILES string of the molecule is CC(C)C(NC(=O)c1cccc(Cl)c1)C(=O)NN=Cc1ccc2c(c1)n(C)c(=O)n2C. The molecular formula is C22H24ClN5O3. The van der Waals surface area contributed by atoms with Crippen LogP contribution in [0.25, 0.3) is 11.0 Å². The predicted octanol–water partition coefficient (Wildman–Crippen LogP) is 2.44. The molecule has 0 fully saturated rings. The van der Waals surface area contributed by atoms with Crippen LogP contribution in [0.4, 0.5) is 0 Å². The third-order valence-corrected chi connectivity index (χ3v) is 5.24. The van der Waals surface area contributed by atoms with E-state index in [4.69, 9.17) is 11.6 Å². The molecule has 0 aliphatic carbocycles. The fraction of sp³-hybridized carbons (Fsp3) is 0.273. The van der Waals surface area contributed by atoms with Crippen LogP contribution < -0.4 is 16.4 Å². The highest BCUT2D eigenvalue weighted by molar-refractivity contribution is 6.31. The minimum absolute atomic E-state index is 0.118. The molecule has 1 heterocycles. The number of aromatic nitrogens is 2. The number of hydrogen-bond acceptors (Lipinski definition) is 4. The highest BCUT2D eigenvalue weighted by atomic mass is 35.5. The molecule has 1 aromatic heterocycles. The molecule has 1 unspecified atom stereocenters. The fourth-order valence-corrected chi connectivity index (χ4v) is 3.42. The van der Waals surface area contributed by atoms with Gasteiger partial charge in [-0.25, -0.2) is 10.2 Å². The molecule has 31 heavy (non-hydrogen) atoms. The summed E-state index contributed by atoms with van der Waals surface area (Å²) in [6.07, 6.45) is 1.49. The van der Waals surface area contributed by atoms with E-state index < -0.39 is 17.9 Å². The molecule has 2 amide bonds. The van der Waals surface area contributed by atoms with Gasteiger partial charge in [-0.3, -0.25) is 18.7 Å².